The van der Waals surface area contributed by atoms with E-state index in [-0.39, 0.29) is 0 Å². The molecule has 1 aliphatic rings. The molecule has 1 saturated carbocycles. The summed E-state index contributed by atoms with van der Waals surface area (Å²) < 4.78 is 0. The van der Waals surface area contributed by atoms with Crippen LogP contribution in [0.25, 0.3) is 0 Å². The average Bonchev–Trinajstić information content (AvgIpc) is 3.10. The lowest BCUT2D eigenvalue weighted by atomic mass is 9.82. The van der Waals surface area contributed by atoms with Crippen molar-refractivity contribution in [2.45, 2.75) is 84.6 Å². The molecule has 1 aliphatic carbocycles. The highest BCUT2D eigenvalue weighted by atomic mass is 15.0. The highest BCUT2D eigenvalue weighted by molar-refractivity contribution is 4.85. The first-order valence-corrected chi connectivity index (χ1v) is 7.43. The van der Waals surface area contributed by atoms with Crippen LogP contribution in [0.4, 0.5) is 0 Å². The van der Waals surface area contributed by atoms with Crippen LogP contribution in [0.1, 0.15) is 78.6 Å². The Morgan fingerprint density at radius 1 is 1.06 bits per heavy atom. The fourth-order valence-electron chi connectivity index (χ4n) is 2.22. The van der Waals surface area contributed by atoms with E-state index in [0.717, 1.165) is 6.04 Å². The molecule has 0 radical (unpaired) electrons. The van der Waals surface area contributed by atoms with Gasteiger partial charge in [-0.15, -0.1) is 0 Å². The highest BCUT2D eigenvalue weighted by Gasteiger charge is 2.26. The van der Waals surface area contributed by atoms with E-state index in [1.54, 1.807) is 0 Å². The van der Waals surface area contributed by atoms with Crippen molar-refractivity contribution in [1.29, 1.82) is 0 Å². The third kappa shape index (κ3) is 5.89. The zero-order chi connectivity index (χ0) is 11.9. The number of hydrogen-bond acceptors (Lipinski definition) is 1. The summed E-state index contributed by atoms with van der Waals surface area (Å²) in [4.78, 5) is 0. The van der Waals surface area contributed by atoms with Crippen LogP contribution >= 0.6 is 0 Å². The molecule has 16 heavy (non-hydrogen) atoms. The molecule has 1 nitrogen and oxygen atoms in total. The van der Waals surface area contributed by atoms with Gasteiger partial charge in [0, 0.05) is 12.6 Å². The summed E-state index contributed by atoms with van der Waals surface area (Å²) in [6.07, 6.45) is 12.6. The topological polar surface area (TPSA) is 12.0 Å². The summed E-state index contributed by atoms with van der Waals surface area (Å²) in [6.45, 7) is 8.33. The summed E-state index contributed by atoms with van der Waals surface area (Å²) >= 11 is 0. The quantitative estimate of drug-likeness (QED) is 0.539. The van der Waals surface area contributed by atoms with Crippen molar-refractivity contribution in [3.8, 4) is 0 Å². The van der Waals surface area contributed by atoms with Crippen molar-refractivity contribution in [2.24, 2.45) is 5.41 Å². The largest absolute Gasteiger partial charge is 0.313 e. The molecule has 1 unspecified atom stereocenters. The van der Waals surface area contributed by atoms with Gasteiger partial charge in [-0.1, -0.05) is 52.9 Å². The van der Waals surface area contributed by atoms with Gasteiger partial charge in [-0.2, -0.15) is 0 Å². The van der Waals surface area contributed by atoms with Crippen molar-refractivity contribution in [3.63, 3.8) is 0 Å². The van der Waals surface area contributed by atoms with Crippen molar-refractivity contribution >= 4 is 0 Å². The smallest absolute Gasteiger partial charge is 0.00684 e. The Bertz CT molecular complexity index is 174. The summed E-state index contributed by atoms with van der Waals surface area (Å²) in [6, 6.07) is 0.867. The van der Waals surface area contributed by atoms with Gasteiger partial charge in [0.25, 0.3) is 0 Å². The van der Waals surface area contributed by atoms with Crippen LogP contribution in [0, 0.1) is 5.41 Å². The third-order valence-electron chi connectivity index (χ3n) is 4.13. The monoisotopic (exact) mass is 225 g/mol. The Morgan fingerprint density at radius 2 is 1.75 bits per heavy atom. The second-order valence-corrected chi connectivity index (χ2v) is 5.98. The summed E-state index contributed by atoms with van der Waals surface area (Å²) in [7, 11) is 0. The van der Waals surface area contributed by atoms with E-state index in [1.807, 2.05) is 0 Å². The molecule has 1 rings (SSSR count). The molecular weight excluding hydrogens is 194 g/mol. The van der Waals surface area contributed by atoms with Gasteiger partial charge in [-0.3, -0.25) is 0 Å². The molecular formula is C15H31N. The molecule has 0 aliphatic heterocycles. The van der Waals surface area contributed by atoms with E-state index in [4.69, 9.17) is 0 Å². The first-order chi connectivity index (χ1) is 7.70. The number of rotatable bonds is 10. The first kappa shape index (κ1) is 14.0. The van der Waals surface area contributed by atoms with E-state index in [0.29, 0.717) is 5.41 Å². The molecule has 96 valence electrons. The van der Waals surface area contributed by atoms with E-state index >= 15 is 0 Å². The molecule has 0 heterocycles. The molecule has 0 amide bonds. The van der Waals surface area contributed by atoms with Gasteiger partial charge in [-0.25, -0.2) is 0 Å². The molecule has 0 aromatic carbocycles. The minimum absolute atomic E-state index is 0.550. The lowest BCUT2D eigenvalue weighted by Crippen LogP contribution is -2.32. The molecule has 0 aromatic heterocycles. The molecule has 0 saturated heterocycles. The van der Waals surface area contributed by atoms with E-state index in [2.05, 4.69) is 26.1 Å². The van der Waals surface area contributed by atoms with Crippen molar-refractivity contribution in [3.05, 3.63) is 0 Å². The van der Waals surface area contributed by atoms with Crippen LogP contribution in [0.5, 0.6) is 0 Å². The van der Waals surface area contributed by atoms with E-state index in [9.17, 15) is 0 Å². The molecule has 1 heteroatoms. The van der Waals surface area contributed by atoms with Crippen LogP contribution < -0.4 is 5.32 Å². The molecule has 0 aromatic rings. The summed E-state index contributed by atoms with van der Waals surface area (Å²) in [5, 5.41) is 3.70. The zero-order valence-corrected chi connectivity index (χ0v) is 11.6. The number of hydrogen-bond donors (Lipinski definition) is 1. The summed E-state index contributed by atoms with van der Waals surface area (Å²) in [5.74, 6) is 0. The SMILES string of the molecule is CCCCCCCC(C)(CC)CNC1CC1. The van der Waals surface area contributed by atoms with Crippen LogP contribution in [0.2, 0.25) is 0 Å². The number of unbranched alkanes of at least 4 members (excludes halogenated alkanes) is 4. The van der Waals surface area contributed by atoms with Gasteiger partial charge >= 0.3 is 0 Å². The molecule has 1 fully saturated rings. The highest BCUT2D eigenvalue weighted by Crippen LogP contribution is 2.29. The second kappa shape index (κ2) is 7.32. The lowest BCUT2D eigenvalue weighted by Gasteiger charge is -2.29. The van der Waals surface area contributed by atoms with Gasteiger partial charge in [0.2, 0.25) is 0 Å². The fourth-order valence-corrected chi connectivity index (χ4v) is 2.22. The van der Waals surface area contributed by atoms with Crippen LogP contribution in [-0.4, -0.2) is 12.6 Å². The van der Waals surface area contributed by atoms with Crippen LogP contribution in [0.3, 0.4) is 0 Å². The summed E-state index contributed by atoms with van der Waals surface area (Å²) in [5.41, 5.74) is 0.550. The zero-order valence-electron chi connectivity index (χ0n) is 11.6. The Morgan fingerprint density at radius 3 is 2.31 bits per heavy atom. The van der Waals surface area contributed by atoms with E-state index in [1.165, 1.54) is 64.3 Å². The predicted octanol–water partition coefficient (Wildman–Crippen LogP) is 4.52. The normalized spacial score (nSPS) is 19.7. The van der Waals surface area contributed by atoms with Crippen LogP contribution in [-0.2, 0) is 0 Å². The van der Waals surface area contributed by atoms with Gasteiger partial charge in [-0.05, 0) is 31.1 Å². The molecule has 0 bridgehead atoms. The van der Waals surface area contributed by atoms with Crippen molar-refractivity contribution in [2.75, 3.05) is 6.54 Å². The van der Waals surface area contributed by atoms with Crippen LogP contribution in [0.15, 0.2) is 0 Å². The maximum atomic E-state index is 3.70. The molecule has 1 atom stereocenters. The average molecular weight is 225 g/mol. The Balaban J connectivity index is 2.07. The van der Waals surface area contributed by atoms with E-state index < -0.39 is 0 Å². The fraction of sp³-hybridized carbons (Fsp3) is 1.00. The molecule has 1 N–H and O–H groups in total. The lowest BCUT2D eigenvalue weighted by molar-refractivity contribution is 0.258. The third-order valence-corrected chi connectivity index (χ3v) is 4.13. The Kier molecular flexibility index (Phi) is 6.41. The standard InChI is InChI=1S/C15H31N/c1-4-6-7-8-9-12-15(3,5-2)13-16-14-10-11-14/h14,16H,4-13H2,1-3H3. The van der Waals surface area contributed by atoms with Gasteiger partial charge < -0.3 is 5.32 Å². The minimum atomic E-state index is 0.550. The van der Waals surface area contributed by atoms with Crippen molar-refractivity contribution < 1.29 is 0 Å². The second-order valence-electron chi connectivity index (χ2n) is 5.98. The maximum absolute atomic E-state index is 3.70. The number of nitrogens with one attached hydrogen (secondary N) is 1. The first-order valence-electron chi connectivity index (χ1n) is 7.43. The van der Waals surface area contributed by atoms with Crippen molar-refractivity contribution in [1.82, 2.24) is 5.32 Å². The molecule has 0 spiro atoms. The van der Waals surface area contributed by atoms with Gasteiger partial charge in [0.15, 0.2) is 0 Å². The van der Waals surface area contributed by atoms with Gasteiger partial charge in [0.1, 0.15) is 0 Å². The minimum Gasteiger partial charge on any atom is -0.313 e. The predicted molar refractivity (Wildman–Crippen MR) is 72.8 cm³/mol. The Hall–Kier alpha value is -0.0400. The van der Waals surface area contributed by atoms with Gasteiger partial charge in [0.05, 0.1) is 0 Å². The Labute approximate surface area is 102 Å². The maximum Gasteiger partial charge on any atom is 0.00684 e.